The standard InChI is InChI=1S/C16H23ClN2O3S/c1-12-9-13(17)3-4-15(12)23(20,21)19-8-7-18-14-10-16(22-11-14)5-2-6-16/h3-4,9,14,18-19H,2,5-8,10-11H2,1H3. The predicted molar refractivity (Wildman–Crippen MR) is 90.3 cm³/mol. The molecule has 1 aliphatic heterocycles. The van der Waals surface area contributed by atoms with Crippen molar-refractivity contribution in [3.05, 3.63) is 28.8 Å². The number of ether oxygens (including phenoxy) is 1. The van der Waals surface area contributed by atoms with Crippen molar-refractivity contribution in [2.75, 3.05) is 19.7 Å². The Labute approximate surface area is 142 Å². The lowest BCUT2D eigenvalue weighted by Crippen LogP contribution is -2.40. The summed E-state index contributed by atoms with van der Waals surface area (Å²) in [7, 11) is -3.50. The number of nitrogens with one attached hydrogen (secondary N) is 2. The van der Waals surface area contributed by atoms with Crippen LogP contribution in [0, 0.1) is 6.92 Å². The number of sulfonamides is 1. The van der Waals surface area contributed by atoms with Crippen LogP contribution in [0.1, 0.15) is 31.2 Å². The topological polar surface area (TPSA) is 67.4 Å². The van der Waals surface area contributed by atoms with Crippen LogP contribution < -0.4 is 10.0 Å². The van der Waals surface area contributed by atoms with E-state index in [1.54, 1.807) is 25.1 Å². The molecule has 1 saturated heterocycles. The smallest absolute Gasteiger partial charge is 0.240 e. The fraction of sp³-hybridized carbons (Fsp3) is 0.625. The van der Waals surface area contributed by atoms with Crippen molar-refractivity contribution in [3.8, 4) is 0 Å². The lowest BCUT2D eigenvalue weighted by Gasteiger charge is -2.37. The van der Waals surface area contributed by atoms with E-state index in [-0.39, 0.29) is 10.5 Å². The molecule has 2 N–H and O–H groups in total. The van der Waals surface area contributed by atoms with E-state index >= 15 is 0 Å². The summed E-state index contributed by atoms with van der Waals surface area (Å²) >= 11 is 5.87. The Kier molecular flexibility index (Phi) is 4.99. The molecule has 2 fully saturated rings. The average molecular weight is 359 g/mol. The van der Waals surface area contributed by atoms with Gasteiger partial charge in [-0.15, -0.1) is 0 Å². The third kappa shape index (κ3) is 3.88. The first-order valence-electron chi connectivity index (χ1n) is 8.03. The molecule has 1 spiro atoms. The quantitative estimate of drug-likeness (QED) is 0.765. The molecule has 0 aromatic heterocycles. The largest absolute Gasteiger partial charge is 0.373 e. The first kappa shape index (κ1) is 17.2. The van der Waals surface area contributed by atoms with Crippen molar-refractivity contribution in [2.45, 2.75) is 49.1 Å². The zero-order valence-corrected chi connectivity index (χ0v) is 14.8. The van der Waals surface area contributed by atoms with Crippen LogP contribution in [0.5, 0.6) is 0 Å². The molecular weight excluding hydrogens is 336 g/mol. The van der Waals surface area contributed by atoms with Crippen molar-refractivity contribution in [2.24, 2.45) is 0 Å². The van der Waals surface area contributed by atoms with Gasteiger partial charge < -0.3 is 10.1 Å². The lowest BCUT2D eigenvalue weighted by atomic mass is 9.77. The molecule has 3 rings (SSSR count). The van der Waals surface area contributed by atoms with Crippen molar-refractivity contribution in [1.82, 2.24) is 10.0 Å². The van der Waals surface area contributed by atoms with E-state index in [0.29, 0.717) is 29.7 Å². The second kappa shape index (κ2) is 6.69. The third-order valence-corrected chi connectivity index (χ3v) is 6.61. The molecular formula is C16H23ClN2O3S. The Bertz CT molecular complexity index is 674. The molecule has 1 unspecified atom stereocenters. The number of halogens is 1. The Morgan fingerprint density at radius 3 is 2.74 bits per heavy atom. The van der Waals surface area contributed by atoms with Gasteiger partial charge in [0.2, 0.25) is 10.0 Å². The van der Waals surface area contributed by atoms with Gasteiger partial charge in [-0.2, -0.15) is 0 Å². The van der Waals surface area contributed by atoms with E-state index in [9.17, 15) is 8.42 Å². The van der Waals surface area contributed by atoms with Gasteiger partial charge in [0.05, 0.1) is 17.1 Å². The zero-order chi connectivity index (χ0) is 16.5. The van der Waals surface area contributed by atoms with Crippen molar-refractivity contribution < 1.29 is 13.2 Å². The summed E-state index contributed by atoms with van der Waals surface area (Å²) < 4.78 is 33.1. The second-order valence-electron chi connectivity index (χ2n) is 6.51. The third-order valence-electron chi connectivity index (χ3n) is 4.75. The molecule has 0 bridgehead atoms. The normalized spacial score (nSPS) is 23.1. The number of hydrogen-bond donors (Lipinski definition) is 2. The van der Waals surface area contributed by atoms with Crippen LogP contribution in [-0.2, 0) is 14.8 Å². The minimum atomic E-state index is -3.50. The summed E-state index contributed by atoms with van der Waals surface area (Å²) in [6.07, 6.45) is 4.62. The zero-order valence-electron chi connectivity index (χ0n) is 13.3. The van der Waals surface area contributed by atoms with Gasteiger partial charge in [-0.25, -0.2) is 13.1 Å². The first-order valence-corrected chi connectivity index (χ1v) is 9.90. The minimum absolute atomic E-state index is 0.123. The number of hydrogen-bond acceptors (Lipinski definition) is 4. The van der Waals surface area contributed by atoms with Crippen LogP contribution in [-0.4, -0.2) is 39.8 Å². The minimum Gasteiger partial charge on any atom is -0.373 e. The van der Waals surface area contributed by atoms with Gasteiger partial charge in [-0.05, 0) is 56.4 Å². The van der Waals surface area contributed by atoms with Gasteiger partial charge >= 0.3 is 0 Å². The van der Waals surface area contributed by atoms with Crippen LogP contribution in [0.2, 0.25) is 5.02 Å². The highest BCUT2D eigenvalue weighted by atomic mass is 35.5. The molecule has 0 radical (unpaired) electrons. The van der Waals surface area contributed by atoms with Crippen molar-refractivity contribution in [1.29, 1.82) is 0 Å². The van der Waals surface area contributed by atoms with Gasteiger partial charge in [0, 0.05) is 24.2 Å². The SMILES string of the molecule is Cc1cc(Cl)ccc1S(=O)(=O)NCCNC1COC2(CCC2)C1. The highest BCUT2D eigenvalue weighted by Gasteiger charge is 2.44. The van der Waals surface area contributed by atoms with Gasteiger partial charge in [0.25, 0.3) is 0 Å². The molecule has 1 aromatic rings. The molecule has 5 nitrogen and oxygen atoms in total. The summed E-state index contributed by atoms with van der Waals surface area (Å²) in [6.45, 7) is 3.42. The van der Waals surface area contributed by atoms with E-state index in [4.69, 9.17) is 16.3 Å². The Balaban J connectivity index is 1.46. The predicted octanol–water partition coefficient (Wildman–Crippen LogP) is 2.23. The van der Waals surface area contributed by atoms with Crippen LogP contribution in [0.4, 0.5) is 0 Å². The molecule has 1 aliphatic carbocycles. The molecule has 1 aromatic carbocycles. The van der Waals surface area contributed by atoms with Gasteiger partial charge in [-0.3, -0.25) is 0 Å². The summed E-state index contributed by atoms with van der Waals surface area (Å²) in [4.78, 5) is 0.277. The first-order chi connectivity index (χ1) is 10.9. The molecule has 1 heterocycles. The Morgan fingerprint density at radius 2 is 2.13 bits per heavy atom. The number of rotatable bonds is 6. The highest BCUT2D eigenvalue weighted by molar-refractivity contribution is 7.89. The molecule has 7 heteroatoms. The summed E-state index contributed by atoms with van der Waals surface area (Å²) in [6, 6.07) is 5.12. The molecule has 23 heavy (non-hydrogen) atoms. The van der Waals surface area contributed by atoms with E-state index in [0.717, 1.165) is 25.9 Å². The Morgan fingerprint density at radius 1 is 1.35 bits per heavy atom. The highest BCUT2D eigenvalue weighted by Crippen LogP contribution is 2.43. The lowest BCUT2D eigenvalue weighted by molar-refractivity contribution is -0.0563. The number of benzene rings is 1. The fourth-order valence-electron chi connectivity index (χ4n) is 3.35. The molecule has 2 aliphatic rings. The molecule has 1 saturated carbocycles. The average Bonchev–Trinajstić information content (AvgIpc) is 2.88. The van der Waals surface area contributed by atoms with Crippen molar-refractivity contribution >= 4 is 21.6 Å². The van der Waals surface area contributed by atoms with E-state index in [1.807, 2.05) is 0 Å². The van der Waals surface area contributed by atoms with Gasteiger partial charge in [0.15, 0.2) is 0 Å². The fourth-order valence-corrected chi connectivity index (χ4v) is 4.83. The van der Waals surface area contributed by atoms with Crippen LogP contribution >= 0.6 is 11.6 Å². The van der Waals surface area contributed by atoms with Gasteiger partial charge in [0.1, 0.15) is 0 Å². The van der Waals surface area contributed by atoms with E-state index in [2.05, 4.69) is 10.0 Å². The summed E-state index contributed by atoms with van der Waals surface area (Å²) in [5.74, 6) is 0. The monoisotopic (exact) mass is 358 g/mol. The van der Waals surface area contributed by atoms with E-state index in [1.165, 1.54) is 6.42 Å². The molecule has 1 atom stereocenters. The van der Waals surface area contributed by atoms with Gasteiger partial charge in [-0.1, -0.05) is 11.6 Å². The molecule has 0 amide bonds. The second-order valence-corrected chi connectivity index (χ2v) is 8.68. The molecule has 128 valence electrons. The Hall–Kier alpha value is -0.660. The van der Waals surface area contributed by atoms with Crippen LogP contribution in [0.25, 0.3) is 0 Å². The maximum absolute atomic E-state index is 12.3. The van der Waals surface area contributed by atoms with Crippen LogP contribution in [0.15, 0.2) is 23.1 Å². The maximum atomic E-state index is 12.3. The van der Waals surface area contributed by atoms with Crippen molar-refractivity contribution in [3.63, 3.8) is 0 Å². The maximum Gasteiger partial charge on any atom is 0.240 e. The van der Waals surface area contributed by atoms with E-state index < -0.39 is 10.0 Å². The van der Waals surface area contributed by atoms with Crippen LogP contribution in [0.3, 0.4) is 0 Å². The summed E-state index contributed by atoms with van der Waals surface area (Å²) in [5, 5.41) is 3.92. The number of aryl methyl sites for hydroxylation is 1. The summed E-state index contributed by atoms with van der Waals surface area (Å²) in [5.41, 5.74) is 0.770.